The number of aromatic nitrogens is 1. The lowest BCUT2D eigenvalue weighted by Crippen LogP contribution is -2.27. The third kappa shape index (κ3) is 4.33. The monoisotopic (exact) mass is 251 g/mol. The maximum atomic E-state index is 11.9. The van der Waals surface area contributed by atoms with Gasteiger partial charge in [0.2, 0.25) is 0 Å². The van der Waals surface area contributed by atoms with Crippen LogP contribution in [0, 0.1) is 0 Å². The molecule has 0 atom stereocenters. The fraction of sp³-hybridized carbons (Fsp3) is 0.538. The number of hydrogen-bond acceptors (Lipinski definition) is 4. The molecule has 1 amide bonds. The second-order valence-corrected chi connectivity index (χ2v) is 4.31. The molecule has 0 aliphatic heterocycles. The molecule has 0 aromatic carbocycles. The van der Waals surface area contributed by atoms with Gasteiger partial charge in [0.1, 0.15) is 5.82 Å². The van der Waals surface area contributed by atoms with E-state index in [1.54, 1.807) is 12.1 Å². The van der Waals surface area contributed by atoms with E-state index in [2.05, 4.69) is 10.3 Å². The maximum Gasteiger partial charge on any atom is 0.251 e. The van der Waals surface area contributed by atoms with Crippen molar-refractivity contribution in [2.45, 2.75) is 26.7 Å². The second-order valence-electron chi connectivity index (χ2n) is 4.31. The average Bonchev–Trinajstić information content (AvgIpc) is 2.33. The van der Waals surface area contributed by atoms with Crippen molar-refractivity contribution >= 4 is 11.7 Å². The molecule has 5 nitrogen and oxygen atoms in total. The van der Waals surface area contributed by atoms with Crippen LogP contribution in [-0.2, 0) is 4.74 Å². The number of carbonyl (C=O) groups is 1. The highest BCUT2D eigenvalue weighted by Crippen LogP contribution is 2.15. The minimum atomic E-state index is -0.147. The molecule has 0 bridgehead atoms. The Morgan fingerprint density at radius 3 is 2.83 bits per heavy atom. The number of carbonyl (C=O) groups excluding carboxylic acids is 1. The number of pyridine rings is 1. The molecule has 0 spiro atoms. The number of amides is 1. The van der Waals surface area contributed by atoms with Gasteiger partial charge in [-0.2, -0.15) is 0 Å². The van der Waals surface area contributed by atoms with E-state index in [0.29, 0.717) is 31.1 Å². The van der Waals surface area contributed by atoms with E-state index < -0.39 is 0 Å². The summed E-state index contributed by atoms with van der Waals surface area (Å²) in [5.41, 5.74) is 7.06. The minimum absolute atomic E-state index is 0.147. The van der Waals surface area contributed by atoms with Gasteiger partial charge < -0.3 is 15.8 Å². The molecule has 0 radical (unpaired) electrons. The number of nitrogens with zero attached hydrogens (tertiary/aromatic N) is 1. The van der Waals surface area contributed by atoms with E-state index in [0.717, 1.165) is 5.69 Å². The van der Waals surface area contributed by atoms with Crippen LogP contribution in [0.25, 0.3) is 0 Å². The fourth-order valence-electron chi connectivity index (χ4n) is 1.48. The molecule has 100 valence electrons. The molecule has 0 aliphatic rings. The largest absolute Gasteiger partial charge is 0.384 e. The predicted octanol–water partition coefficient (Wildman–Crippen LogP) is 1.55. The maximum absolute atomic E-state index is 11.9. The smallest absolute Gasteiger partial charge is 0.251 e. The minimum Gasteiger partial charge on any atom is -0.384 e. The Labute approximate surface area is 108 Å². The van der Waals surface area contributed by atoms with Gasteiger partial charge in [0, 0.05) is 24.4 Å². The molecule has 1 aromatic heterocycles. The third-order valence-electron chi connectivity index (χ3n) is 2.45. The summed E-state index contributed by atoms with van der Waals surface area (Å²) in [6.45, 7) is 7.60. The summed E-state index contributed by atoms with van der Waals surface area (Å²) in [7, 11) is 0. The number of hydrogen-bond donors (Lipinski definition) is 2. The molecule has 0 saturated heterocycles. The molecule has 5 heteroatoms. The Morgan fingerprint density at radius 1 is 1.50 bits per heavy atom. The zero-order valence-electron chi connectivity index (χ0n) is 11.2. The summed E-state index contributed by atoms with van der Waals surface area (Å²) >= 11 is 0. The molecule has 0 fully saturated rings. The van der Waals surface area contributed by atoms with Crippen LogP contribution in [0.2, 0.25) is 0 Å². The Bertz CT molecular complexity index is 405. The first-order valence-corrected chi connectivity index (χ1v) is 6.18. The number of ether oxygens (including phenoxy) is 1. The Kier molecular flexibility index (Phi) is 5.58. The Balaban J connectivity index is 2.67. The molecule has 0 saturated carbocycles. The highest BCUT2D eigenvalue weighted by atomic mass is 16.5. The van der Waals surface area contributed by atoms with Crippen molar-refractivity contribution in [2.75, 3.05) is 25.5 Å². The highest BCUT2D eigenvalue weighted by Gasteiger charge is 2.10. The van der Waals surface area contributed by atoms with E-state index in [9.17, 15) is 4.79 Å². The van der Waals surface area contributed by atoms with Crippen molar-refractivity contribution in [3.63, 3.8) is 0 Å². The predicted molar refractivity (Wildman–Crippen MR) is 71.6 cm³/mol. The molecule has 1 rings (SSSR count). The Morgan fingerprint density at radius 2 is 2.22 bits per heavy atom. The van der Waals surface area contributed by atoms with Gasteiger partial charge >= 0.3 is 0 Å². The first-order valence-electron chi connectivity index (χ1n) is 6.18. The van der Waals surface area contributed by atoms with Crippen LogP contribution >= 0.6 is 0 Å². The molecule has 18 heavy (non-hydrogen) atoms. The van der Waals surface area contributed by atoms with E-state index in [-0.39, 0.29) is 11.8 Å². The van der Waals surface area contributed by atoms with Gasteiger partial charge in [0.25, 0.3) is 5.91 Å². The van der Waals surface area contributed by atoms with Crippen molar-refractivity contribution in [1.29, 1.82) is 0 Å². The number of nitrogens with two attached hydrogens (primary N) is 1. The third-order valence-corrected chi connectivity index (χ3v) is 2.45. The highest BCUT2D eigenvalue weighted by molar-refractivity contribution is 5.94. The number of nitrogens with one attached hydrogen (secondary N) is 1. The van der Waals surface area contributed by atoms with Crippen molar-refractivity contribution in [1.82, 2.24) is 10.3 Å². The van der Waals surface area contributed by atoms with Gasteiger partial charge in [-0.1, -0.05) is 13.8 Å². The second kappa shape index (κ2) is 6.96. The van der Waals surface area contributed by atoms with Crippen LogP contribution in [0.4, 0.5) is 5.82 Å². The van der Waals surface area contributed by atoms with Gasteiger partial charge in [0.05, 0.1) is 6.61 Å². The number of anilines is 1. The van der Waals surface area contributed by atoms with Crippen LogP contribution in [0.5, 0.6) is 0 Å². The molecule has 1 heterocycles. The van der Waals surface area contributed by atoms with Gasteiger partial charge in [-0.25, -0.2) is 4.98 Å². The molecule has 0 unspecified atom stereocenters. The lowest BCUT2D eigenvalue weighted by atomic mass is 10.1. The quantitative estimate of drug-likeness (QED) is 0.752. The van der Waals surface area contributed by atoms with Crippen molar-refractivity contribution < 1.29 is 9.53 Å². The van der Waals surface area contributed by atoms with Crippen LogP contribution in [0.15, 0.2) is 12.1 Å². The summed E-state index contributed by atoms with van der Waals surface area (Å²) in [4.78, 5) is 16.1. The van der Waals surface area contributed by atoms with Crippen LogP contribution in [0.1, 0.15) is 42.7 Å². The fourth-order valence-corrected chi connectivity index (χ4v) is 1.48. The zero-order chi connectivity index (χ0) is 13.5. The van der Waals surface area contributed by atoms with Gasteiger partial charge in [-0.15, -0.1) is 0 Å². The zero-order valence-corrected chi connectivity index (χ0v) is 11.2. The average molecular weight is 251 g/mol. The first kappa shape index (κ1) is 14.4. The summed E-state index contributed by atoms with van der Waals surface area (Å²) < 4.78 is 5.15. The van der Waals surface area contributed by atoms with Crippen LogP contribution in [0.3, 0.4) is 0 Å². The standard InChI is InChI=1S/C13H21N3O2/c1-4-18-6-5-15-13(17)10-7-11(9(2)3)16-12(14)8-10/h7-9H,4-6H2,1-3H3,(H2,14,16)(H,15,17). The van der Waals surface area contributed by atoms with Crippen molar-refractivity contribution in [3.05, 3.63) is 23.4 Å². The summed E-state index contributed by atoms with van der Waals surface area (Å²) in [5.74, 6) is 0.463. The van der Waals surface area contributed by atoms with Crippen molar-refractivity contribution in [3.8, 4) is 0 Å². The molecule has 3 N–H and O–H groups in total. The van der Waals surface area contributed by atoms with Crippen LogP contribution < -0.4 is 11.1 Å². The summed E-state index contributed by atoms with van der Waals surface area (Å²) in [6.07, 6.45) is 0. The molecule has 1 aromatic rings. The molecular formula is C13H21N3O2. The van der Waals surface area contributed by atoms with Gasteiger partial charge in [-0.05, 0) is 25.0 Å². The van der Waals surface area contributed by atoms with Gasteiger partial charge in [0.15, 0.2) is 0 Å². The molecule has 0 aliphatic carbocycles. The SMILES string of the molecule is CCOCCNC(=O)c1cc(N)nc(C(C)C)c1. The lowest BCUT2D eigenvalue weighted by Gasteiger charge is -2.09. The topological polar surface area (TPSA) is 77.2 Å². The van der Waals surface area contributed by atoms with Crippen molar-refractivity contribution in [2.24, 2.45) is 0 Å². The van der Waals surface area contributed by atoms with Gasteiger partial charge in [-0.3, -0.25) is 4.79 Å². The summed E-state index contributed by atoms with van der Waals surface area (Å²) in [6, 6.07) is 3.36. The molecular weight excluding hydrogens is 230 g/mol. The van der Waals surface area contributed by atoms with E-state index in [4.69, 9.17) is 10.5 Å². The van der Waals surface area contributed by atoms with E-state index >= 15 is 0 Å². The van der Waals surface area contributed by atoms with Crippen LogP contribution in [-0.4, -0.2) is 30.6 Å². The van der Waals surface area contributed by atoms with E-state index in [1.807, 2.05) is 20.8 Å². The lowest BCUT2D eigenvalue weighted by molar-refractivity contribution is 0.0922. The Hall–Kier alpha value is -1.62. The summed E-state index contributed by atoms with van der Waals surface area (Å²) in [5, 5.41) is 2.78. The normalized spacial score (nSPS) is 10.7. The number of rotatable bonds is 6. The van der Waals surface area contributed by atoms with E-state index in [1.165, 1.54) is 0 Å². The number of nitrogen functional groups attached to an aromatic ring is 1. The first-order chi connectivity index (χ1) is 8.54.